The molecule has 5 heteroatoms. The fourth-order valence-corrected chi connectivity index (χ4v) is 4.55. The molecule has 0 aliphatic carbocycles. The van der Waals surface area contributed by atoms with Gasteiger partial charge in [0.25, 0.3) is 0 Å². The Balaban J connectivity index is 1.40. The summed E-state index contributed by atoms with van der Waals surface area (Å²) in [5.41, 5.74) is 6.02. The Morgan fingerprint density at radius 2 is 1.81 bits per heavy atom. The summed E-state index contributed by atoms with van der Waals surface area (Å²) < 4.78 is 4.56. The van der Waals surface area contributed by atoms with Gasteiger partial charge in [0.1, 0.15) is 5.82 Å². The quantitative estimate of drug-likeness (QED) is 0.558. The molecule has 1 saturated heterocycles. The zero-order valence-electron chi connectivity index (χ0n) is 16.0. The van der Waals surface area contributed by atoms with Crippen LogP contribution in [-0.4, -0.2) is 37.1 Å². The molecule has 5 rings (SSSR count). The minimum atomic E-state index is 0.549. The maximum atomic E-state index is 4.86. The summed E-state index contributed by atoms with van der Waals surface area (Å²) in [6.07, 6.45) is 4.35. The average molecular weight is 359 g/mol. The van der Waals surface area contributed by atoms with Crippen LogP contribution in [0.2, 0.25) is 0 Å². The average Bonchev–Trinajstić information content (AvgIpc) is 3.20. The van der Waals surface area contributed by atoms with Gasteiger partial charge < -0.3 is 9.13 Å². The molecule has 5 nitrogen and oxygen atoms in total. The predicted molar refractivity (Wildman–Crippen MR) is 109 cm³/mol. The number of imidazole rings is 1. The normalized spacial score (nSPS) is 18.5. The first-order chi connectivity index (χ1) is 13.2. The lowest BCUT2D eigenvalue weighted by Gasteiger charge is -2.32. The second-order valence-electron chi connectivity index (χ2n) is 7.69. The molecule has 0 N–H and O–H groups in total. The van der Waals surface area contributed by atoms with E-state index in [1.807, 2.05) is 12.3 Å². The van der Waals surface area contributed by atoms with Crippen molar-refractivity contribution in [2.24, 2.45) is 14.1 Å². The van der Waals surface area contributed by atoms with E-state index >= 15 is 0 Å². The Hall–Kier alpha value is -2.66. The summed E-state index contributed by atoms with van der Waals surface area (Å²) in [5, 5.41) is 0. The summed E-state index contributed by atoms with van der Waals surface area (Å²) in [4.78, 5) is 12.0. The van der Waals surface area contributed by atoms with Crippen LogP contribution in [0.4, 0.5) is 0 Å². The van der Waals surface area contributed by atoms with E-state index in [-0.39, 0.29) is 0 Å². The van der Waals surface area contributed by atoms with Gasteiger partial charge in [-0.1, -0.05) is 12.1 Å². The van der Waals surface area contributed by atoms with Crippen LogP contribution >= 0.6 is 0 Å². The van der Waals surface area contributed by atoms with Crippen LogP contribution in [0.5, 0.6) is 0 Å². The van der Waals surface area contributed by atoms with E-state index < -0.39 is 0 Å². The third kappa shape index (κ3) is 2.82. The number of hydrogen-bond acceptors (Lipinski definition) is 3. The van der Waals surface area contributed by atoms with Crippen molar-refractivity contribution in [1.82, 2.24) is 24.0 Å². The molecule has 1 aliphatic rings. The Bertz CT molecular complexity index is 1110. The number of aryl methyl sites for hydroxylation is 2. The summed E-state index contributed by atoms with van der Waals surface area (Å²) in [5.74, 6) is 1.70. The minimum Gasteiger partial charge on any atom is -0.346 e. The molecule has 3 aromatic heterocycles. The summed E-state index contributed by atoms with van der Waals surface area (Å²) >= 11 is 0. The smallest absolute Gasteiger partial charge is 0.123 e. The lowest BCUT2D eigenvalue weighted by atomic mass is 9.94. The molecule has 0 spiro atoms. The fourth-order valence-electron chi connectivity index (χ4n) is 4.55. The minimum absolute atomic E-state index is 0.549. The molecule has 27 heavy (non-hydrogen) atoms. The topological polar surface area (TPSA) is 38.9 Å². The number of para-hydroxylation sites is 2. The molecule has 1 aromatic carbocycles. The zero-order chi connectivity index (χ0) is 18.4. The molecule has 4 aromatic rings. The number of benzene rings is 1. The molecular formula is C22H25N5. The van der Waals surface area contributed by atoms with E-state index in [2.05, 4.69) is 69.5 Å². The standard InChI is InChI=1S/C22H25N5/c1-25-20-10-5-11-23-18(20)13-21(25)16-7-6-12-27(14-16)15-22-24-17-8-3-4-9-19(17)26(22)2/h3-5,8-11,13,16H,6-7,12,14-15H2,1-2H3. The Kier molecular flexibility index (Phi) is 3.97. The van der Waals surface area contributed by atoms with E-state index in [1.165, 1.54) is 29.6 Å². The number of rotatable bonds is 3. The van der Waals surface area contributed by atoms with Gasteiger partial charge in [0.05, 0.1) is 28.6 Å². The number of pyridine rings is 1. The van der Waals surface area contributed by atoms with Crippen LogP contribution in [0.1, 0.15) is 30.3 Å². The van der Waals surface area contributed by atoms with Crippen molar-refractivity contribution < 1.29 is 0 Å². The molecule has 0 saturated carbocycles. The molecular weight excluding hydrogens is 334 g/mol. The second-order valence-corrected chi connectivity index (χ2v) is 7.69. The maximum Gasteiger partial charge on any atom is 0.123 e. The van der Waals surface area contributed by atoms with Gasteiger partial charge >= 0.3 is 0 Å². The monoisotopic (exact) mass is 359 g/mol. The molecule has 1 fully saturated rings. The molecule has 4 heterocycles. The zero-order valence-corrected chi connectivity index (χ0v) is 16.0. The third-order valence-electron chi connectivity index (χ3n) is 6.02. The first-order valence-corrected chi connectivity index (χ1v) is 9.74. The van der Waals surface area contributed by atoms with Crippen molar-refractivity contribution >= 4 is 22.1 Å². The van der Waals surface area contributed by atoms with E-state index in [0.717, 1.165) is 36.5 Å². The van der Waals surface area contributed by atoms with E-state index in [4.69, 9.17) is 4.98 Å². The molecule has 0 bridgehead atoms. The number of piperidine rings is 1. The van der Waals surface area contributed by atoms with Crippen molar-refractivity contribution in [3.05, 3.63) is 60.2 Å². The van der Waals surface area contributed by atoms with Crippen LogP contribution < -0.4 is 0 Å². The Labute approximate surface area is 159 Å². The first kappa shape index (κ1) is 16.5. The SMILES string of the molecule is Cn1c(C2CCCN(Cc3nc4ccccc4n3C)C2)cc2ncccc21. The molecule has 1 unspecified atom stereocenters. The molecule has 1 atom stereocenters. The van der Waals surface area contributed by atoms with Gasteiger partial charge in [0, 0.05) is 38.4 Å². The van der Waals surface area contributed by atoms with Crippen LogP contribution in [0.15, 0.2) is 48.7 Å². The van der Waals surface area contributed by atoms with E-state index in [9.17, 15) is 0 Å². The number of likely N-dealkylation sites (tertiary alicyclic amines) is 1. The lowest BCUT2D eigenvalue weighted by Crippen LogP contribution is -2.35. The van der Waals surface area contributed by atoms with Gasteiger partial charge in [0.15, 0.2) is 0 Å². The van der Waals surface area contributed by atoms with Gasteiger partial charge in [0.2, 0.25) is 0 Å². The summed E-state index contributed by atoms with van der Waals surface area (Å²) in [6.45, 7) is 3.12. The third-order valence-corrected chi connectivity index (χ3v) is 6.02. The fraction of sp³-hybridized carbons (Fsp3) is 0.364. The van der Waals surface area contributed by atoms with Gasteiger partial charge in [-0.15, -0.1) is 0 Å². The predicted octanol–water partition coefficient (Wildman–Crippen LogP) is 3.84. The van der Waals surface area contributed by atoms with Crippen molar-refractivity contribution in [1.29, 1.82) is 0 Å². The molecule has 0 amide bonds. The number of aromatic nitrogens is 4. The van der Waals surface area contributed by atoms with E-state index in [0.29, 0.717) is 5.92 Å². The Morgan fingerprint density at radius 3 is 2.67 bits per heavy atom. The van der Waals surface area contributed by atoms with Gasteiger partial charge in [-0.2, -0.15) is 0 Å². The van der Waals surface area contributed by atoms with Gasteiger partial charge in [-0.05, 0) is 49.7 Å². The van der Waals surface area contributed by atoms with Gasteiger partial charge in [-0.25, -0.2) is 4.98 Å². The summed E-state index contributed by atoms with van der Waals surface area (Å²) in [6, 6.07) is 14.8. The highest BCUT2D eigenvalue weighted by molar-refractivity contribution is 5.77. The summed E-state index contributed by atoms with van der Waals surface area (Å²) in [7, 11) is 4.30. The van der Waals surface area contributed by atoms with Crippen molar-refractivity contribution in [2.45, 2.75) is 25.3 Å². The number of fused-ring (bicyclic) bond motifs is 2. The van der Waals surface area contributed by atoms with Crippen LogP contribution in [0.25, 0.3) is 22.1 Å². The van der Waals surface area contributed by atoms with Crippen molar-refractivity contribution in [3.63, 3.8) is 0 Å². The number of hydrogen-bond donors (Lipinski definition) is 0. The first-order valence-electron chi connectivity index (χ1n) is 9.74. The van der Waals surface area contributed by atoms with Crippen LogP contribution in [-0.2, 0) is 20.6 Å². The van der Waals surface area contributed by atoms with Crippen LogP contribution in [0.3, 0.4) is 0 Å². The van der Waals surface area contributed by atoms with Crippen LogP contribution in [0, 0.1) is 0 Å². The van der Waals surface area contributed by atoms with E-state index in [1.54, 1.807) is 0 Å². The largest absolute Gasteiger partial charge is 0.346 e. The molecule has 0 radical (unpaired) electrons. The highest BCUT2D eigenvalue weighted by atomic mass is 15.2. The molecule has 1 aliphatic heterocycles. The van der Waals surface area contributed by atoms with Crippen molar-refractivity contribution in [3.8, 4) is 0 Å². The molecule has 138 valence electrons. The maximum absolute atomic E-state index is 4.86. The highest BCUT2D eigenvalue weighted by Crippen LogP contribution is 2.31. The lowest BCUT2D eigenvalue weighted by molar-refractivity contribution is 0.192. The highest BCUT2D eigenvalue weighted by Gasteiger charge is 2.25. The van der Waals surface area contributed by atoms with Crippen molar-refractivity contribution in [2.75, 3.05) is 13.1 Å². The number of nitrogens with zero attached hydrogens (tertiary/aromatic N) is 5. The Morgan fingerprint density at radius 1 is 1.00 bits per heavy atom. The van der Waals surface area contributed by atoms with Gasteiger partial charge in [-0.3, -0.25) is 9.88 Å². The second kappa shape index (κ2) is 6.50.